The minimum absolute atomic E-state index is 0.0682. The molecule has 8 heteroatoms. The van der Waals surface area contributed by atoms with E-state index >= 15 is 0 Å². The Kier molecular flexibility index (Phi) is 4.43. The molecule has 2 aromatic carbocycles. The molecular weight excluding hydrogens is 426 g/mol. The zero-order chi connectivity index (χ0) is 20.0. The molecule has 0 saturated carbocycles. The number of rotatable bonds is 3. The zero-order valence-corrected chi connectivity index (χ0v) is 16.5. The summed E-state index contributed by atoms with van der Waals surface area (Å²) in [5.74, 6) is -0.758. The van der Waals surface area contributed by atoms with Crippen LogP contribution in [0, 0.1) is 0 Å². The fourth-order valence-corrected chi connectivity index (χ4v) is 3.76. The number of nitrogens with zero attached hydrogens (tertiary/aromatic N) is 2. The Morgan fingerprint density at radius 2 is 1.68 bits per heavy atom. The summed E-state index contributed by atoms with van der Waals surface area (Å²) < 4.78 is 8.31. The molecule has 0 saturated heterocycles. The molecule has 0 radical (unpaired) electrons. The standard InChI is InChI=1S/C20H16BrN3O4/c1-2-28-20(27)15-16(11-7-9-12(21)10-8-11)23-18(25)13-5-3-4-6-14(13)19(26)24(23)17(15)22/h3-10,16H,2,22H2,1H3. The Morgan fingerprint density at radius 3 is 2.29 bits per heavy atom. The van der Waals surface area contributed by atoms with Crippen molar-refractivity contribution in [3.8, 4) is 0 Å². The highest BCUT2D eigenvalue weighted by atomic mass is 79.9. The number of ether oxygens (including phenoxy) is 1. The maximum Gasteiger partial charge on any atom is 0.340 e. The molecule has 2 heterocycles. The first-order valence-electron chi connectivity index (χ1n) is 8.65. The van der Waals surface area contributed by atoms with Gasteiger partial charge in [-0.2, -0.15) is 4.68 Å². The van der Waals surface area contributed by atoms with E-state index in [4.69, 9.17) is 10.5 Å². The van der Waals surface area contributed by atoms with Gasteiger partial charge in [-0.1, -0.05) is 40.2 Å². The fraction of sp³-hybridized carbons (Fsp3) is 0.150. The third-order valence-corrected chi connectivity index (χ3v) is 5.24. The van der Waals surface area contributed by atoms with E-state index in [1.807, 2.05) is 0 Å². The fourth-order valence-electron chi connectivity index (χ4n) is 3.49. The largest absolute Gasteiger partial charge is 0.462 e. The number of hydrogen-bond acceptors (Lipinski definition) is 5. The van der Waals surface area contributed by atoms with Crippen LogP contribution in [-0.2, 0) is 9.53 Å². The summed E-state index contributed by atoms with van der Waals surface area (Å²) in [4.78, 5) is 39.0. The van der Waals surface area contributed by atoms with Crippen LogP contribution < -0.4 is 16.9 Å². The number of nitrogens with two attached hydrogens (primary N) is 1. The van der Waals surface area contributed by atoms with Gasteiger partial charge in [0, 0.05) is 4.47 Å². The molecule has 2 N–H and O–H groups in total. The highest BCUT2D eigenvalue weighted by Crippen LogP contribution is 2.34. The summed E-state index contributed by atoms with van der Waals surface area (Å²) in [7, 11) is 0. The van der Waals surface area contributed by atoms with Crippen molar-refractivity contribution in [2.24, 2.45) is 5.73 Å². The number of benzene rings is 2. The molecule has 1 unspecified atom stereocenters. The van der Waals surface area contributed by atoms with Gasteiger partial charge < -0.3 is 10.5 Å². The molecule has 142 valence electrons. The second kappa shape index (κ2) is 6.79. The van der Waals surface area contributed by atoms with Crippen LogP contribution >= 0.6 is 15.9 Å². The van der Waals surface area contributed by atoms with E-state index in [0.717, 1.165) is 9.15 Å². The third kappa shape index (κ3) is 2.60. The first-order chi connectivity index (χ1) is 13.5. The molecule has 28 heavy (non-hydrogen) atoms. The molecule has 0 spiro atoms. The van der Waals surface area contributed by atoms with Gasteiger partial charge in [0.05, 0.1) is 17.4 Å². The van der Waals surface area contributed by atoms with E-state index in [2.05, 4.69) is 15.9 Å². The van der Waals surface area contributed by atoms with Crippen molar-refractivity contribution in [1.29, 1.82) is 0 Å². The second-order valence-corrected chi connectivity index (χ2v) is 7.20. The number of esters is 1. The lowest BCUT2D eigenvalue weighted by Gasteiger charge is -2.18. The SMILES string of the molecule is CCOC(=O)C1=C(N)n2c(=O)c3ccccc3c(=O)n2C1c1ccc(Br)cc1. The Morgan fingerprint density at radius 1 is 1.07 bits per heavy atom. The highest BCUT2D eigenvalue weighted by Gasteiger charge is 2.38. The molecule has 0 fully saturated rings. The highest BCUT2D eigenvalue weighted by molar-refractivity contribution is 9.10. The van der Waals surface area contributed by atoms with Gasteiger partial charge in [-0.15, -0.1) is 0 Å². The van der Waals surface area contributed by atoms with Gasteiger partial charge in [-0.3, -0.25) is 9.59 Å². The van der Waals surface area contributed by atoms with Crippen molar-refractivity contribution in [3.05, 3.63) is 84.8 Å². The third-order valence-electron chi connectivity index (χ3n) is 4.71. The van der Waals surface area contributed by atoms with Crippen molar-refractivity contribution in [2.75, 3.05) is 6.61 Å². The zero-order valence-electron chi connectivity index (χ0n) is 14.9. The lowest BCUT2D eigenvalue weighted by Crippen LogP contribution is -2.38. The summed E-state index contributed by atoms with van der Waals surface area (Å²) in [5, 5.41) is 0.509. The van der Waals surface area contributed by atoms with Crippen molar-refractivity contribution < 1.29 is 9.53 Å². The number of fused-ring (bicyclic) bond motifs is 2. The Balaban J connectivity index is 2.10. The topological polar surface area (TPSA) is 96.3 Å². The van der Waals surface area contributed by atoms with E-state index in [-0.39, 0.29) is 28.8 Å². The van der Waals surface area contributed by atoms with Crippen molar-refractivity contribution in [3.63, 3.8) is 0 Å². The summed E-state index contributed by atoms with van der Waals surface area (Å²) in [6.07, 6.45) is 0. The summed E-state index contributed by atoms with van der Waals surface area (Å²) in [6, 6.07) is 12.8. The quantitative estimate of drug-likeness (QED) is 0.628. The number of carbonyl (C=O) groups is 1. The van der Waals surface area contributed by atoms with Crippen LogP contribution in [0.15, 0.2) is 68.2 Å². The van der Waals surface area contributed by atoms with E-state index in [1.165, 1.54) is 4.68 Å². The van der Waals surface area contributed by atoms with Gasteiger partial charge in [-0.05, 0) is 36.8 Å². The molecule has 3 aromatic rings. The molecule has 1 aromatic heterocycles. The number of hydrogen-bond donors (Lipinski definition) is 1. The smallest absolute Gasteiger partial charge is 0.340 e. The average Bonchev–Trinajstić information content (AvgIpc) is 3.00. The van der Waals surface area contributed by atoms with E-state index in [9.17, 15) is 14.4 Å². The van der Waals surface area contributed by atoms with E-state index in [1.54, 1.807) is 55.5 Å². The van der Waals surface area contributed by atoms with Gasteiger partial charge in [-0.25, -0.2) is 9.48 Å². The lowest BCUT2D eigenvalue weighted by atomic mass is 9.99. The van der Waals surface area contributed by atoms with E-state index in [0.29, 0.717) is 5.56 Å². The number of aromatic nitrogens is 2. The van der Waals surface area contributed by atoms with Crippen LogP contribution in [0.1, 0.15) is 18.5 Å². The first kappa shape index (κ1) is 18.2. The summed E-state index contributed by atoms with van der Waals surface area (Å²) in [5.41, 5.74) is 6.04. The average molecular weight is 442 g/mol. The van der Waals surface area contributed by atoms with Gasteiger partial charge >= 0.3 is 5.97 Å². The number of halogens is 1. The van der Waals surface area contributed by atoms with Crippen molar-refractivity contribution in [2.45, 2.75) is 13.0 Å². The molecule has 0 amide bonds. The maximum atomic E-state index is 13.3. The van der Waals surface area contributed by atoms with Crippen molar-refractivity contribution in [1.82, 2.24) is 9.36 Å². The van der Waals surface area contributed by atoms with Crippen LogP contribution in [0.3, 0.4) is 0 Å². The van der Waals surface area contributed by atoms with Gasteiger partial charge in [0.2, 0.25) is 0 Å². The van der Waals surface area contributed by atoms with Crippen LogP contribution in [0.4, 0.5) is 0 Å². The van der Waals surface area contributed by atoms with Gasteiger partial charge in [0.15, 0.2) is 0 Å². The molecule has 7 nitrogen and oxygen atoms in total. The molecular formula is C20H16BrN3O4. The Hall–Kier alpha value is -3.13. The minimum Gasteiger partial charge on any atom is -0.462 e. The molecule has 1 aliphatic heterocycles. The summed E-state index contributed by atoms with van der Waals surface area (Å²) >= 11 is 3.37. The van der Waals surface area contributed by atoms with Crippen LogP contribution in [-0.4, -0.2) is 21.9 Å². The molecule has 1 atom stereocenters. The molecule has 1 aliphatic rings. The Bertz CT molecular complexity index is 1260. The molecule has 0 bridgehead atoms. The summed E-state index contributed by atoms with van der Waals surface area (Å²) in [6.45, 7) is 1.82. The predicted molar refractivity (Wildman–Crippen MR) is 109 cm³/mol. The first-order valence-corrected chi connectivity index (χ1v) is 9.44. The van der Waals surface area contributed by atoms with Crippen molar-refractivity contribution >= 4 is 38.5 Å². The predicted octanol–water partition coefficient (Wildman–Crippen LogP) is 2.22. The monoisotopic (exact) mass is 441 g/mol. The molecule has 0 aliphatic carbocycles. The number of carbonyl (C=O) groups excluding carboxylic acids is 1. The van der Waals surface area contributed by atoms with Gasteiger partial charge in [0.25, 0.3) is 11.1 Å². The lowest BCUT2D eigenvalue weighted by molar-refractivity contribution is -0.138. The van der Waals surface area contributed by atoms with Crippen LogP contribution in [0.5, 0.6) is 0 Å². The maximum absolute atomic E-state index is 13.3. The normalized spacial score (nSPS) is 15.7. The second-order valence-electron chi connectivity index (χ2n) is 6.29. The van der Waals surface area contributed by atoms with Gasteiger partial charge in [0.1, 0.15) is 17.4 Å². The molecule has 4 rings (SSSR count). The van der Waals surface area contributed by atoms with E-state index < -0.39 is 23.1 Å². The van der Waals surface area contributed by atoms with Crippen LogP contribution in [0.2, 0.25) is 0 Å². The Labute approximate surface area is 167 Å². The van der Waals surface area contributed by atoms with Crippen LogP contribution in [0.25, 0.3) is 16.6 Å². The minimum atomic E-state index is -0.864.